The van der Waals surface area contributed by atoms with Gasteiger partial charge in [0.15, 0.2) is 11.5 Å². The number of aliphatic hydroxyl groups excluding tert-OH is 1. The molecule has 9 heteroatoms. The minimum Gasteiger partial charge on any atom is -0.508 e. The van der Waals surface area contributed by atoms with Gasteiger partial charge < -0.3 is 14.6 Å². The van der Waals surface area contributed by atoms with Crippen molar-refractivity contribution in [2.75, 3.05) is 4.90 Å². The van der Waals surface area contributed by atoms with Crippen LogP contribution in [0.25, 0.3) is 11.0 Å². The number of aromatic hydroxyl groups is 1. The summed E-state index contributed by atoms with van der Waals surface area (Å²) >= 11 is 0. The zero-order chi connectivity index (χ0) is 24.9. The van der Waals surface area contributed by atoms with Gasteiger partial charge in [-0.2, -0.15) is 13.2 Å². The number of alkyl halides is 3. The lowest BCUT2D eigenvalue weighted by atomic mass is 9.94. The van der Waals surface area contributed by atoms with Crippen LogP contribution in [-0.2, 0) is 11.0 Å². The Kier molecular flexibility index (Phi) is 5.12. The molecule has 35 heavy (non-hydrogen) atoms. The van der Waals surface area contributed by atoms with E-state index in [1.54, 1.807) is 24.3 Å². The summed E-state index contributed by atoms with van der Waals surface area (Å²) in [6.45, 7) is 0. The van der Waals surface area contributed by atoms with Crippen LogP contribution in [0.3, 0.4) is 0 Å². The highest BCUT2D eigenvalue weighted by molar-refractivity contribution is 6.20. The highest BCUT2D eigenvalue weighted by Gasteiger charge is 2.45. The smallest absolute Gasteiger partial charge is 0.416 e. The van der Waals surface area contributed by atoms with Gasteiger partial charge in [-0.15, -0.1) is 0 Å². The van der Waals surface area contributed by atoms with E-state index in [0.29, 0.717) is 16.5 Å². The van der Waals surface area contributed by atoms with Crippen LogP contribution >= 0.6 is 0 Å². The Morgan fingerprint density at radius 2 is 1.57 bits per heavy atom. The number of furan rings is 1. The zero-order valence-electron chi connectivity index (χ0n) is 17.8. The minimum atomic E-state index is -4.58. The van der Waals surface area contributed by atoms with Crippen molar-refractivity contribution in [3.63, 3.8) is 0 Å². The number of nitrogens with zero attached hydrogens (tertiary/aromatic N) is 1. The van der Waals surface area contributed by atoms with Gasteiger partial charge in [-0.25, -0.2) is 0 Å². The third-order valence-corrected chi connectivity index (χ3v) is 5.78. The largest absolute Gasteiger partial charge is 0.508 e. The molecule has 176 valence electrons. The van der Waals surface area contributed by atoms with Crippen molar-refractivity contribution in [3.05, 3.63) is 107 Å². The number of Topliss-reactive ketones (excluding diaryl/α,β-unsaturated/α-hetero) is 1. The number of fused-ring (bicyclic) bond motifs is 1. The van der Waals surface area contributed by atoms with Crippen LogP contribution in [0.15, 0.2) is 94.6 Å². The van der Waals surface area contributed by atoms with Gasteiger partial charge in [0, 0.05) is 11.1 Å². The summed E-state index contributed by atoms with van der Waals surface area (Å²) in [6, 6.07) is 16.6. The van der Waals surface area contributed by atoms with E-state index in [4.69, 9.17) is 4.42 Å². The van der Waals surface area contributed by atoms with E-state index in [-0.39, 0.29) is 22.8 Å². The number of phenolic OH excluding ortho intramolecular Hbond substituents is 1. The number of carbonyl (C=O) groups is 2. The van der Waals surface area contributed by atoms with E-state index in [1.165, 1.54) is 30.3 Å². The second-order valence-corrected chi connectivity index (χ2v) is 7.95. The van der Waals surface area contributed by atoms with Crippen LogP contribution in [0.2, 0.25) is 0 Å². The summed E-state index contributed by atoms with van der Waals surface area (Å²) in [6.07, 6.45) is -4.58. The van der Waals surface area contributed by atoms with Gasteiger partial charge in [-0.1, -0.05) is 30.3 Å². The van der Waals surface area contributed by atoms with E-state index in [0.717, 1.165) is 29.2 Å². The fourth-order valence-corrected chi connectivity index (χ4v) is 4.11. The summed E-state index contributed by atoms with van der Waals surface area (Å²) in [5.41, 5.74) is -0.384. The maximum atomic E-state index is 13.5. The third-order valence-electron chi connectivity index (χ3n) is 5.78. The summed E-state index contributed by atoms with van der Waals surface area (Å²) in [4.78, 5) is 27.7. The van der Waals surface area contributed by atoms with Gasteiger partial charge in [-0.3, -0.25) is 14.5 Å². The van der Waals surface area contributed by atoms with Crippen molar-refractivity contribution < 1.29 is 37.4 Å². The molecule has 1 amide bonds. The molecule has 1 unspecified atom stereocenters. The van der Waals surface area contributed by atoms with Crippen LogP contribution in [0.5, 0.6) is 5.75 Å². The predicted molar refractivity (Wildman–Crippen MR) is 120 cm³/mol. The molecule has 4 aromatic rings. The molecule has 0 radical (unpaired) electrons. The number of ketones is 1. The first-order chi connectivity index (χ1) is 16.6. The molecule has 2 heterocycles. The highest BCUT2D eigenvalue weighted by atomic mass is 19.4. The van der Waals surface area contributed by atoms with Gasteiger partial charge >= 0.3 is 6.18 Å². The standard InChI is InChI=1S/C26H16F3NO5/c27-26(28,29)16-7-9-17(10-8-16)30-22(14-5-11-18(31)12-6-14)21(24(33)25(30)34)23(32)20-13-15-3-1-2-4-19(15)35-20/h1-13,22,31,33H. The summed E-state index contributed by atoms with van der Waals surface area (Å²) < 4.78 is 44.8. The Balaban J connectivity index is 1.63. The number of rotatable bonds is 4. The average Bonchev–Trinajstić information content (AvgIpc) is 3.38. The molecule has 1 atom stereocenters. The van der Waals surface area contributed by atoms with Crippen LogP contribution in [0.4, 0.5) is 18.9 Å². The van der Waals surface area contributed by atoms with Crippen LogP contribution in [0.1, 0.15) is 27.7 Å². The first kappa shape index (κ1) is 22.3. The van der Waals surface area contributed by atoms with E-state index < -0.39 is 35.2 Å². The normalized spacial score (nSPS) is 16.4. The molecule has 0 saturated heterocycles. The Morgan fingerprint density at radius 3 is 2.20 bits per heavy atom. The van der Waals surface area contributed by atoms with Crippen LogP contribution < -0.4 is 4.90 Å². The Bertz CT molecular complexity index is 1450. The molecule has 0 bridgehead atoms. The van der Waals surface area contributed by atoms with Gasteiger partial charge in [0.1, 0.15) is 11.3 Å². The zero-order valence-corrected chi connectivity index (χ0v) is 17.8. The summed E-state index contributed by atoms with van der Waals surface area (Å²) in [5, 5.41) is 21.1. The molecule has 0 saturated carbocycles. The van der Waals surface area contributed by atoms with E-state index in [1.807, 2.05) is 0 Å². The van der Waals surface area contributed by atoms with Crippen molar-refractivity contribution in [2.45, 2.75) is 12.2 Å². The number of carbonyl (C=O) groups excluding carboxylic acids is 2. The van der Waals surface area contributed by atoms with Crippen LogP contribution in [0, 0.1) is 0 Å². The monoisotopic (exact) mass is 479 g/mol. The quantitative estimate of drug-likeness (QED) is 0.354. The molecule has 0 fully saturated rings. The van der Waals surface area contributed by atoms with E-state index in [9.17, 15) is 33.0 Å². The SMILES string of the molecule is O=C(C1=C(O)C(=O)N(c2ccc(C(F)(F)F)cc2)C1c1ccc(O)cc1)c1cc2ccccc2o1. The fourth-order valence-electron chi connectivity index (χ4n) is 4.11. The second-order valence-electron chi connectivity index (χ2n) is 7.95. The topological polar surface area (TPSA) is 91.0 Å². The van der Waals surface area contributed by atoms with Gasteiger partial charge in [0.05, 0.1) is 17.2 Å². The number of hydrogen-bond acceptors (Lipinski definition) is 5. The molecule has 5 rings (SSSR count). The molecule has 6 nitrogen and oxygen atoms in total. The predicted octanol–water partition coefficient (Wildman–Crippen LogP) is 5.94. The second kappa shape index (κ2) is 8.05. The molecule has 3 aromatic carbocycles. The summed E-state index contributed by atoms with van der Waals surface area (Å²) in [7, 11) is 0. The first-order valence-corrected chi connectivity index (χ1v) is 10.4. The molecule has 1 aliphatic heterocycles. The van der Waals surface area contributed by atoms with Crippen LogP contribution in [-0.4, -0.2) is 21.9 Å². The number of halogens is 3. The van der Waals surface area contributed by atoms with Crippen molar-refractivity contribution in [1.82, 2.24) is 0 Å². The first-order valence-electron chi connectivity index (χ1n) is 10.4. The fraction of sp³-hybridized carbons (Fsp3) is 0.0769. The van der Waals surface area contributed by atoms with E-state index >= 15 is 0 Å². The molecule has 0 spiro atoms. The minimum absolute atomic E-state index is 0.0417. The lowest BCUT2D eigenvalue weighted by Gasteiger charge is -2.27. The number of phenols is 1. The van der Waals surface area contributed by atoms with Gasteiger partial charge in [0.25, 0.3) is 5.91 Å². The van der Waals surface area contributed by atoms with E-state index in [2.05, 4.69) is 0 Å². The van der Waals surface area contributed by atoms with Gasteiger partial charge in [-0.05, 0) is 54.1 Å². The highest BCUT2D eigenvalue weighted by Crippen LogP contribution is 2.43. The maximum absolute atomic E-state index is 13.5. The number of para-hydroxylation sites is 1. The number of aliphatic hydroxyl groups is 1. The third kappa shape index (κ3) is 3.80. The maximum Gasteiger partial charge on any atom is 0.416 e. The molecule has 0 aliphatic carbocycles. The van der Waals surface area contributed by atoms with Gasteiger partial charge in [0.2, 0.25) is 5.78 Å². The molecular formula is C26H16F3NO5. The van der Waals surface area contributed by atoms with Crippen molar-refractivity contribution in [3.8, 4) is 5.75 Å². The average molecular weight is 479 g/mol. The molecule has 1 aliphatic rings. The number of anilines is 1. The molecular weight excluding hydrogens is 463 g/mol. The number of amides is 1. The Morgan fingerprint density at radius 1 is 0.914 bits per heavy atom. The van der Waals surface area contributed by atoms with Crippen molar-refractivity contribution >= 4 is 28.3 Å². The lowest BCUT2D eigenvalue weighted by Crippen LogP contribution is -2.31. The Hall–Kier alpha value is -4.53. The van der Waals surface area contributed by atoms with Crippen molar-refractivity contribution in [1.29, 1.82) is 0 Å². The number of benzene rings is 3. The lowest BCUT2D eigenvalue weighted by molar-refractivity contribution is -0.137. The van der Waals surface area contributed by atoms with Crippen molar-refractivity contribution in [2.24, 2.45) is 0 Å². The Labute approximate surface area is 196 Å². The summed E-state index contributed by atoms with van der Waals surface area (Å²) in [5.74, 6) is -2.73. The molecule has 1 aromatic heterocycles. The molecule has 2 N–H and O–H groups in total. The number of hydrogen-bond donors (Lipinski definition) is 2.